The van der Waals surface area contributed by atoms with Crippen LogP contribution in [-0.2, 0) is 9.53 Å². The SMILES string of the molecule is CCCCC1=C(Br)C(=CBr)OC1=O. The van der Waals surface area contributed by atoms with Crippen molar-refractivity contribution >= 4 is 37.8 Å². The van der Waals surface area contributed by atoms with Crippen LogP contribution in [0, 0.1) is 0 Å². The van der Waals surface area contributed by atoms with E-state index in [1.54, 1.807) is 4.99 Å². The monoisotopic (exact) mass is 308 g/mol. The predicted molar refractivity (Wildman–Crippen MR) is 58.6 cm³/mol. The smallest absolute Gasteiger partial charge is 0.340 e. The number of allylic oxidation sites excluding steroid dienone is 1. The van der Waals surface area contributed by atoms with E-state index in [1.165, 1.54) is 0 Å². The average molecular weight is 310 g/mol. The van der Waals surface area contributed by atoms with Crippen LogP contribution < -0.4 is 0 Å². The number of ether oxygens (including phenoxy) is 1. The molecule has 72 valence electrons. The van der Waals surface area contributed by atoms with Crippen LogP contribution in [0.4, 0.5) is 0 Å². The Morgan fingerprint density at radius 3 is 2.69 bits per heavy atom. The quantitative estimate of drug-likeness (QED) is 0.744. The first kappa shape index (κ1) is 11.0. The minimum Gasteiger partial charge on any atom is -0.421 e. The molecule has 1 aliphatic rings. The summed E-state index contributed by atoms with van der Waals surface area (Å²) < 4.78 is 5.77. The van der Waals surface area contributed by atoms with Gasteiger partial charge in [-0.1, -0.05) is 29.3 Å². The topological polar surface area (TPSA) is 26.3 Å². The Bertz CT molecular complexity index is 279. The van der Waals surface area contributed by atoms with Gasteiger partial charge in [-0.2, -0.15) is 0 Å². The molecule has 0 saturated carbocycles. The fourth-order valence-corrected chi connectivity index (χ4v) is 2.27. The molecule has 0 aliphatic carbocycles. The van der Waals surface area contributed by atoms with E-state index in [0.717, 1.165) is 29.3 Å². The molecule has 0 saturated heterocycles. The van der Waals surface area contributed by atoms with Crippen molar-refractivity contribution in [3.63, 3.8) is 0 Å². The van der Waals surface area contributed by atoms with Crippen molar-refractivity contribution in [2.24, 2.45) is 0 Å². The van der Waals surface area contributed by atoms with E-state index in [-0.39, 0.29) is 5.97 Å². The van der Waals surface area contributed by atoms with Gasteiger partial charge in [0.15, 0.2) is 5.76 Å². The van der Waals surface area contributed by atoms with Gasteiger partial charge in [-0.3, -0.25) is 0 Å². The highest BCUT2D eigenvalue weighted by molar-refractivity contribution is 9.12. The zero-order valence-electron chi connectivity index (χ0n) is 7.27. The lowest BCUT2D eigenvalue weighted by atomic mass is 10.1. The molecule has 0 N–H and O–H groups in total. The average Bonchev–Trinajstić information content (AvgIpc) is 2.39. The Morgan fingerprint density at radius 2 is 2.23 bits per heavy atom. The molecule has 0 spiro atoms. The van der Waals surface area contributed by atoms with Crippen LogP contribution in [0.2, 0.25) is 0 Å². The molecule has 0 bridgehead atoms. The predicted octanol–water partition coefficient (Wildman–Crippen LogP) is 3.62. The summed E-state index contributed by atoms with van der Waals surface area (Å²) in [6, 6.07) is 0. The van der Waals surface area contributed by atoms with Gasteiger partial charge in [0, 0.05) is 4.99 Å². The number of carbonyl (C=O) groups is 1. The Kier molecular flexibility index (Phi) is 4.19. The molecule has 0 fully saturated rings. The van der Waals surface area contributed by atoms with Gasteiger partial charge >= 0.3 is 5.97 Å². The van der Waals surface area contributed by atoms with E-state index in [4.69, 9.17) is 4.74 Å². The first-order valence-electron chi connectivity index (χ1n) is 4.12. The second kappa shape index (κ2) is 4.96. The molecule has 4 heteroatoms. The van der Waals surface area contributed by atoms with Gasteiger partial charge in [-0.25, -0.2) is 4.79 Å². The van der Waals surface area contributed by atoms with Crippen molar-refractivity contribution in [3.05, 3.63) is 20.8 Å². The highest BCUT2D eigenvalue weighted by atomic mass is 79.9. The number of hydrogen-bond donors (Lipinski definition) is 0. The second-order valence-corrected chi connectivity index (χ2v) is 4.01. The van der Waals surface area contributed by atoms with Crippen molar-refractivity contribution in [1.82, 2.24) is 0 Å². The molecular weight excluding hydrogens is 300 g/mol. The van der Waals surface area contributed by atoms with Crippen LogP contribution in [0.1, 0.15) is 26.2 Å². The normalized spacial score (nSPS) is 19.9. The first-order chi connectivity index (χ1) is 6.20. The number of carbonyl (C=O) groups excluding carboxylic acids is 1. The Morgan fingerprint density at radius 1 is 1.54 bits per heavy atom. The molecule has 1 rings (SSSR count). The summed E-state index contributed by atoms with van der Waals surface area (Å²) in [7, 11) is 0. The standard InChI is InChI=1S/C9H10Br2O2/c1-2-3-4-6-8(11)7(5-10)13-9(6)12/h5H,2-4H2,1H3. The molecule has 0 unspecified atom stereocenters. The van der Waals surface area contributed by atoms with Crippen molar-refractivity contribution in [3.8, 4) is 0 Å². The number of unbranched alkanes of at least 4 members (excludes halogenated alkanes) is 1. The number of esters is 1. The molecule has 2 nitrogen and oxygen atoms in total. The van der Waals surface area contributed by atoms with Crippen molar-refractivity contribution in [2.75, 3.05) is 0 Å². The highest BCUT2D eigenvalue weighted by Crippen LogP contribution is 2.34. The van der Waals surface area contributed by atoms with E-state index in [0.29, 0.717) is 5.76 Å². The summed E-state index contributed by atoms with van der Waals surface area (Å²) in [6.07, 6.45) is 2.86. The van der Waals surface area contributed by atoms with E-state index in [2.05, 4.69) is 38.8 Å². The minimum absolute atomic E-state index is 0.231. The van der Waals surface area contributed by atoms with Gasteiger partial charge in [0.05, 0.1) is 10.1 Å². The maximum Gasteiger partial charge on any atom is 0.340 e. The van der Waals surface area contributed by atoms with E-state index < -0.39 is 0 Å². The summed E-state index contributed by atoms with van der Waals surface area (Å²) >= 11 is 6.47. The molecule has 1 aliphatic heterocycles. The Labute approximate surface area is 94.3 Å². The number of halogens is 2. The summed E-state index contributed by atoms with van der Waals surface area (Å²) in [5.74, 6) is 0.335. The zero-order valence-corrected chi connectivity index (χ0v) is 10.4. The molecule has 0 aromatic rings. The minimum atomic E-state index is -0.231. The van der Waals surface area contributed by atoms with Gasteiger partial charge in [0.25, 0.3) is 0 Å². The second-order valence-electron chi connectivity index (χ2n) is 2.76. The lowest BCUT2D eigenvalue weighted by molar-refractivity contribution is -0.133. The van der Waals surface area contributed by atoms with Crippen LogP contribution in [0.5, 0.6) is 0 Å². The van der Waals surface area contributed by atoms with Gasteiger partial charge in [0.1, 0.15) is 0 Å². The van der Waals surface area contributed by atoms with Crippen molar-refractivity contribution < 1.29 is 9.53 Å². The van der Waals surface area contributed by atoms with Crippen molar-refractivity contribution in [2.45, 2.75) is 26.2 Å². The molecule has 1 heterocycles. The van der Waals surface area contributed by atoms with Gasteiger partial charge in [0.2, 0.25) is 0 Å². The van der Waals surface area contributed by atoms with E-state index >= 15 is 0 Å². The molecule has 0 radical (unpaired) electrons. The third-order valence-corrected chi connectivity index (χ3v) is 3.09. The first-order valence-corrected chi connectivity index (χ1v) is 5.83. The fourth-order valence-electron chi connectivity index (χ4n) is 1.08. The van der Waals surface area contributed by atoms with E-state index in [1.807, 2.05) is 0 Å². The summed E-state index contributed by atoms with van der Waals surface area (Å²) in [6.45, 7) is 2.09. The highest BCUT2D eigenvalue weighted by Gasteiger charge is 2.26. The molecule has 0 amide bonds. The van der Waals surface area contributed by atoms with Crippen LogP contribution in [0.25, 0.3) is 0 Å². The zero-order chi connectivity index (χ0) is 9.84. The van der Waals surface area contributed by atoms with Crippen LogP contribution in [-0.4, -0.2) is 5.97 Å². The maximum atomic E-state index is 11.3. The van der Waals surface area contributed by atoms with E-state index in [9.17, 15) is 4.79 Å². The molecule has 0 atom stereocenters. The number of rotatable bonds is 3. The molecule has 0 aromatic carbocycles. The molecular formula is C9H10Br2O2. The summed E-state index contributed by atoms with van der Waals surface area (Å²) in [4.78, 5) is 12.9. The van der Waals surface area contributed by atoms with Gasteiger partial charge in [-0.05, 0) is 28.8 Å². The van der Waals surface area contributed by atoms with Gasteiger partial charge < -0.3 is 4.74 Å². The Hall–Kier alpha value is -0.0900. The van der Waals surface area contributed by atoms with Crippen LogP contribution >= 0.6 is 31.9 Å². The van der Waals surface area contributed by atoms with Crippen LogP contribution in [0.3, 0.4) is 0 Å². The molecule has 0 aromatic heterocycles. The lowest BCUT2D eigenvalue weighted by Gasteiger charge is -1.95. The summed E-state index contributed by atoms with van der Waals surface area (Å²) in [5, 5.41) is 0. The Balaban J connectivity index is 2.79. The number of hydrogen-bond acceptors (Lipinski definition) is 2. The third-order valence-electron chi connectivity index (χ3n) is 1.81. The summed E-state index contributed by atoms with van der Waals surface area (Å²) in [5.41, 5.74) is 0.743. The largest absolute Gasteiger partial charge is 0.421 e. The maximum absolute atomic E-state index is 11.3. The third kappa shape index (κ3) is 2.44. The number of cyclic esters (lactones) is 1. The van der Waals surface area contributed by atoms with Gasteiger partial charge in [-0.15, -0.1) is 0 Å². The van der Waals surface area contributed by atoms with Crippen molar-refractivity contribution in [1.29, 1.82) is 0 Å². The molecule has 13 heavy (non-hydrogen) atoms. The fraction of sp³-hybridized carbons (Fsp3) is 0.444. The van der Waals surface area contributed by atoms with Crippen LogP contribution in [0.15, 0.2) is 20.8 Å². The lowest BCUT2D eigenvalue weighted by Crippen LogP contribution is -1.98.